The van der Waals surface area contributed by atoms with Crippen molar-refractivity contribution in [2.24, 2.45) is 0 Å². The van der Waals surface area contributed by atoms with Crippen LogP contribution >= 0.6 is 0 Å². The van der Waals surface area contributed by atoms with E-state index in [-0.39, 0.29) is 29.2 Å². The molecule has 2 aliphatic carbocycles. The predicted molar refractivity (Wildman–Crippen MR) is 77.3 cm³/mol. The standard InChI is InChI=1S/C15H21N3O3/c1-8-12(15(21)18-13(16-8)9-2-3-9)14(20)17-10-4-6-11(19)7-5-10/h9-11,19H,2-7H2,1H3,(H,17,20)(H,16,18,21). The van der Waals surface area contributed by atoms with Gasteiger partial charge in [-0.3, -0.25) is 9.59 Å². The van der Waals surface area contributed by atoms with Gasteiger partial charge >= 0.3 is 0 Å². The van der Waals surface area contributed by atoms with Crippen molar-refractivity contribution in [2.75, 3.05) is 0 Å². The molecule has 6 heteroatoms. The smallest absolute Gasteiger partial charge is 0.264 e. The van der Waals surface area contributed by atoms with E-state index >= 15 is 0 Å². The van der Waals surface area contributed by atoms with Gasteiger partial charge in [-0.2, -0.15) is 0 Å². The van der Waals surface area contributed by atoms with Crippen molar-refractivity contribution in [1.29, 1.82) is 0 Å². The zero-order chi connectivity index (χ0) is 15.0. The lowest BCUT2D eigenvalue weighted by Gasteiger charge is -2.26. The summed E-state index contributed by atoms with van der Waals surface area (Å²) in [6.07, 6.45) is 4.73. The number of nitrogens with one attached hydrogen (secondary N) is 2. The van der Waals surface area contributed by atoms with Gasteiger partial charge < -0.3 is 15.4 Å². The van der Waals surface area contributed by atoms with Crippen molar-refractivity contribution in [3.05, 3.63) is 27.4 Å². The van der Waals surface area contributed by atoms with Crippen LogP contribution in [0, 0.1) is 6.92 Å². The van der Waals surface area contributed by atoms with Gasteiger partial charge in [0, 0.05) is 12.0 Å². The number of aromatic nitrogens is 2. The average Bonchev–Trinajstić information content (AvgIpc) is 3.25. The molecule has 1 heterocycles. The summed E-state index contributed by atoms with van der Waals surface area (Å²) in [4.78, 5) is 31.5. The Morgan fingerprint density at radius 1 is 1.24 bits per heavy atom. The molecule has 21 heavy (non-hydrogen) atoms. The largest absolute Gasteiger partial charge is 0.393 e. The van der Waals surface area contributed by atoms with E-state index in [0.717, 1.165) is 25.7 Å². The molecule has 3 N–H and O–H groups in total. The average molecular weight is 291 g/mol. The molecule has 0 unspecified atom stereocenters. The van der Waals surface area contributed by atoms with Gasteiger partial charge in [0.25, 0.3) is 11.5 Å². The summed E-state index contributed by atoms with van der Waals surface area (Å²) in [5.41, 5.74) is 0.261. The molecule has 0 atom stereocenters. The minimum atomic E-state index is -0.356. The van der Waals surface area contributed by atoms with Crippen LogP contribution in [0.3, 0.4) is 0 Å². The Balaban J connectivity index is 1.73. The molecule has 6 nitrogen and oxygen atoms in total. The second-order valence-electron chi connectivity index (χ2n) is 6.16. The molecule has 0 saturated heterocycles. The number of nitrogens with zero attached hydrogens (tertiary/aromatic N) is 1. The summed E-state index contributed by atoms with van der Waals surface area (Å²) >= 11 is 0. The van der Waals surface area contributed by atoms with Crippen LogP contribution in [0.15, 0.2) is 4.79 Å². The summed E-state index contributed by atoms with van der Waals surface area (Å²) < 4.78 is 0. The molecule has 0 bridgehead atoms. The Bertz CT molecular complexity index is 599. The highest BCUT2D eigenvalue weighted by Crippen LogP contribution is 2.37. The number of carbonyl (C=O) groups excluding carboxylic acids is 1. The Kier molecular flexibility index (Phi) is 3.80. The Morgan fingerprint density at radius 2 is 1.90 bits per heavy atom. The lowest BCUT2D eigenvalue weighted by molar-refractivity contribution is 0.0865. The van der Waals surface area contributed by atoms with Crippen molar-refractivity contribution in [1.82, 2.24) is 15.3 Å². The molecule has 1 aromatic rings. The van der Waals surface area contributed by atoms with Crippen LogP contribution in [0.4, 0.5) is 0 Å². The van der Waals surface area contributed by atoms with Crippen molar-refractivity contribution in [2.45, 2.75) is 63.5 Å². The number of carbonyl (C=O) groups is 1. The number of hydrogen-bond donors (Lipinski definition) is 3. The predicted octanol–water partition coefficient (Wildman–Crippen LogP) is 0.989. The Hall–Kier alpha value is -1.69. The fourth-order valence-corrected chi connectivity index (χ4v) is 2.90. The molecule has 2 fully saturated rings. The number of aromatic amines is 1. The third-order valence-electron chi connectivity index (χ3n) is 4.34. The van der Waals surface area contributed by atoms with Crippen molar-refractivity contribution in [3.63, 3.8) is 0 Å². The number of aliphatic hydroxyl groups excluding tert-OH is 1. The first-order valence-corrected chi connectivity index (χ1v) is 7.64. The number of hydrogen-bond acceptors (Lipinski definition) is 4. The van der Waals surface area contributed by atoms with Gasteiger partial charge in [0.2, 0.25) is 0 Å². The fourth-order valence-electron chi connectivity index (χ4n) is 2.90. The summed E-state index contributed by atoms with van der Waals surface area (Å²) in [6, 6.07) is 0.0304. The van der Waals surface area contributed by atoms with Gasteiger partial charge in [0.05, 0.1) is 11.8 Å². The van der Waals surface area contributed by atoms with Crippen LogP contribution in [0.2, 0.25) is 0 Å². The monoisotopic (exact) mass is 291 g/mol. The molecule has 3 rings (SSSR count). The van der Waals surface area contributed by atoms with Gasteiger partial charge in [-0.25, -0.2) is 4.98 Å². The molecule has 0 radical (unpaired) electrons. The van der Waals surface area contributed by atoms with E-state index in [0.29, 0.717) is 30.3 Å². The van der Waals surface area contributed by atoms with E-state index in [1.807, 2.05) is 0 Å². The third-order valence-corrected chi connectivity index (χ3v) is 4.34. The molecular weight excluding hydrogens is 270 g/mol. The highest BCUT2D eigenvalue weighted by Gasteiger charge is 2.28. The lowest BCUT2D eigenvalue weighted by Crippen LogP contribution is -2.41. The Morgan fingerprint density at radius 3 is 2.48 bits per heavy atom. The van der Waals surface area contributed by atoms with Gasteiger partial charge in [0.1, 0.15) is 11.4 Å². The van der Waals surface area contributed by atoms with E-state index in [1.54, 1.807) is 6.92 Å². The number of rotatable bonds is 3. The molecule has 2 saturated carbocycles. The Labute approximate surface area is 123 Å². The maximum absolute atomic E-state index is 12.3. The quantitative estimate of drug-likeness (QED) is 0.774. The molecule has 1 amide bonds. The molecule has 114 valence electrons. The van der Waals surface area contributed by atoms with E-state index in [2.05, 4.69) is 15.3 Å². The van der Waals surface area contributed by atoms with Crippen molar-refractivity contribution in [3.8, 4) is 0 Å². The molecule has 0 aliphatic heterocycles. The number of aliphatic hydroxyl groups is 1. The number of H-pyrrole nitrogens is 1. The number of amides is 1. The fraction of sp³-hybridized carbons (Fsp3) is 0.667. The normalized spacial score (nSPS) is 25.6. The molecule has 0 aromatic carbocycles. The third kappa shape index (κ3) is 3.15. The summed E-state index contributed by atoms with van der Waals surface area (Å²) in [5.74, 6) is 0.702. The summed E-state index contributed by atoms with van der Waals surface area (Å²) in [6.45, 7) is 1.71. The summed E-state index contributed by atoms with van der Waals surface area (Å²) in [5, 5.41) is 12.4. The van der Waals surface area contributed by atoms with Crippen molar-refractivity contribution < 1.29 is 9.90 Å². The van der Waals surface area contributed by atoms with Gasteiger partial charge in [-0.1, -0.05) is 0 Å². The minimum absolute atomic E-state index is 0.0304. The van der Waals surface area contributed by atoms with Crippen LogP contribution in [0.5, 0.6) is 0 Å². The maximum atomic E-state index is 12.3. The molecule has 1 aromatic heterocycles. The van der Waals surface area contributed by atoms with Crippen LogP contribution in [0.25, 0.3) is 0 Å². The van der Waals surface area contributed by atoms with E-state index < -0.39 is 0 Å². The van der Waals surface area contributed by atoms with Crippen molar-refractivity contribution >= 4 is 5.91 Å². The summed E-state index contributed by atoms with van der Waals surface area (Å²) in [7, 11) is 0. The minimum Gasteiger partial charge on any atom is -0.393 e. The van der Waals surface area contributed by atoms with E-state index in [9.17, 15) is 14.7 Å². The number of aryl methyl sites for hydroxylation is 1. The SMILES string of the molecule is Cc1nc(C2CC2)[nH]c(=O)c1C(=O)NC1CCC(O)CC1. The maximum Gasteiger partial charge on any atom is 0.264 e. The van der Waals surface area contributed by atoms with Gasteiger partial charge in [0.15, 0.2) is 0 Å². The van der Waals surface area contributed by atoms with Crippen LogP contribution in [-0.2, 0) is 0 Å². The zero-order valence-electron chi connectivity index (χ0n) is 12.2. The molecule has 0 spiro atoms. The topological polar surface area (TPSA) is 95.1 Å². The first kappa shape index (κ1) is 14.3. The second-order valence-corrected chi connectivity index (χ2v) is 6.16. The van der Waals surface area contributed by atoms with Crippen LogP contribution in [0.1, 0.15) is 66.3 Å². The zero-order valence-corrected chi connectivity index (χ0v) is 12.2. The lowest BCUT2D eigenvalue weighted by atomic mass is 9.93. The molecular formula is C15H21N3O3. The van der Waals surface area contributed by atoms with E-state index in [4.69, 9.17) is 0 Å². The van der Waals surface area contributed by atoms with Gasteiger partial charge in [-0.15, -0.1) is 0 Å². The highest BCUT2D eigenvalue weighted by atomic mass is 16.3. The highest BCUT2D eigenvalue weighted by molar-refractivity contribution is 5.95. The first-order chi connectivity index (χ1) is 10.0. The molecule has 2 aliphatic rings. The van der Waals surface area contributed by atoms with Crippen LogP contribution in [-0.4, -0.2) is 33.1 Å². The first-order valence-electron chi connectivity index (χ1n) is 7.64. The van der Waals surface area contributed by atoms with E-state index in [1.165, 1.54) is 0 Å². The van der Waals surface area contributed by atoms with Gasteiger partial charge in [-0.05, 0) is 45.4 Å². The second kappa shape index (κ2) is 5.60. The van der Waals surface area contributed by atoms with Crippen LogP contribution < -0.4 is 10.9 Å².